The van der Waals surface area contributed by atoms with Crippen LogP contribution >= 0.6 is 31.9 Å². The van der Waals surface area contributed by atoms with Gasteiger partial charge in [-0.15, -0.1) is 0 Å². The van der Waals surface area contributed by atoms with E-state index in [1.807, 2.05) is 6.07 Å². The average Bonchev–Trinajstić information content (AvgIpc) is 2.49. The Bertz CT molecular complexity index is 674. The number of anilines is 1. The minimum absolute atomic E-state index is 0.599. The molecule has 2 aromatic carbocycles. The molecule has 21 heavy (non-hydrogen) atoms. The number of hydrogen-bond acceptors (Lipinski definition) is 3. The number of aryl methyl sites for hydroxylation is 1. The smallest absolute Gasteiger partial charge is 0.175 e. The Labute approximate surface area is 140 Å². The van der Waals surface area contributed by atoms with Crippen molar-refractivity contribution in [3.8, 4) is 11.5 Å². The normalized spacial score (nSPS) is 13.1. The maximum atomic E-state index is 5.64. The van der Waals surface area contributed by atoms with Gasteiger partial charge in [-0.25, -0.2) is 0 Å². The monoisotopic (exact) mass is 411 g/mol. The lowest BCUT2D eigenvalue weighted by atomic mass is 10.1. The van der Waals surface area contributed by atoms with Gasteiger partial charge in [0.15, 0.2) is 11.5 Å². The van der Waals surface area contributed by atoms with Crippen LogP contribution in [-0.2, 0) is 6.54 Å². The molecule has 3 nitrogen and oxygen atoms in total. The summed E-state index contributed by atoms with van der Waals surface area (Å²) in [5, 5.41) is 3.42. The molecule has 0 saturated carbocycles. The molecule has 110 valence electrons. The SMILES string of the molecule is Cc1cc(NCc2cc(Br)c3c(c2)OCCO3)ccc1Br. The standard InChI is InChI=1S/C16H15Br2NO2/c1-10-6-12(2-3-13(10)17)19-9-11-7-14(18)16-15(8-11)20-4-5-21-16/h2-3,6-8,19H,4-5,9H2,1H3. The highest BCUT2D eigenvalue weighted by Crippen LogP contribution is 2.38. The van der Waals surface area contributed by atoms with Crippen molar-refractivity contribution in [2.45, 2.75) is 13.5 Å². The molecule has 0 spiro atoms. The van der Waals surface area contributed by atoms with Crippen LogP contribution in [0.3, 0.4) is 0 Å². The minimum Gasteiger partial charge on any atom is -0.486 e. The number of benzene rings is 2. The third kappa shape index (κ3) is 3.35. The van der Waals surface area contributed by atoms with Crippen molar-refractivity contribution in [2.24, 2.45) is 0 Å². The Morgan fingerprint density at radius 3 is 2.67 bits per heavy atom. The Balaban J connectivity index is 1.76. The second-order valence-electron chi connectivity index (χ2n) is 4.92. The van der Waals surface area contributed by atoms with E-state index in [2.05, 4.69) is 68.4 Å². The summed E-state index contributed by atoms with van der Waals surface area (Å²) in [6.45, 7) is 4.01. The number of rotatable bonds is 3. The molecule has 0 saturated heterocycles. The van der Waals surface area contributed by atoms with Crippen molar-refractivity contribution in [3.63, 3.8) is 0 Å². The molecule has 0 amide bonds. The van der Waals surface area contributed by atoms with E-state index in [0.717, 1.165) is 38.2 Å². The van der Waals surface area contributed by atoms with Gasteiger partial charge in [-0.05, 0) is 64.3 Å². The van der Waals surface area contributed by atoms with Gasteiger partial charge < -0.3 is 14.8 Å². The number of fused-ring (bicyclic) bond motifs is 1. The van der Waals surface area contributed by atoms with Gasteiger partial charge in [-0.3, -0.25) is 0 Å². The van der Waals surface area contributed by atoms with Crippen LogP contribution in [0.4, 0.5) is 5.69 Å². The molecular formula is C16H15Br2NO2. The molecule has 1 heterocycles. The molecular weight excluding hydrogens is 398 g/mol. The molecule has 0 bridgehead atoms. The second kappa shape index (κ2) is 6.28. The first-order valence-corrected chi connectivity index (χ1v) is 8.30. The van der Waals surface area contributed by atoms with Crippen LogP contribution in [-0.4, -0.2) is 13.2 Å². The fourth-order valence-corrected chi connectivity index (χ4v) is 3.08. The van der Waals surface area contributed by atoms with E-state index in [0.29, 0.717) is 13.2 Å². The highest BCUT2D eigenvalue weighted by Gasteiger charge is 2.16. The van der Waals surface area contributed by atoms with Crippen molar-refractivity contribution >= 4 is 37.5 Å². The van der Waals surface area contributed by atoms with Gasteiger partial charge >= 0.3 is 0 Å². The molecule has 1 aliphatic heterocycles. The van der Waals surface area contributed by atoms with E-state index in [1.54, 1.807) is 0 Å². The zero-order chi connectivity index (χ0) is 14.8. The van der Waals surface area contributed by atoms with E-state index in [1.165, 1.54) is 5.56 Å². The predicted molar refractivity (Wildman–Crippen MR) is 91.3 cm³/mol. The molecule has 1 aliphatic rings. The molecule has 5 heteroatoms. The second-order valence-corrected chi connectivity index (χ2v) is 6.63. The summed E-state index contributed by atoms with van der Waals surface area (Å²) >= 11 is 7.05. The molecule has 2 aromatic rings. The van der Waals surface area contributed by atoms with Gasteiger partial charge in [-0.2, -0.15) is 0 Å². The van der Waals surface area contributed by atoms with E-state index < -0.39 is 0 Å². The summed E-state index contributed by atoms with van der Waals surface area (Å²) < 4.78 is 13.3. The van der Waals surface area contributed by atoms with Crippen molar-refractivity contribution in [2.75, 3.05) is 18.5 Å². The van der Waals surface area contributed by atoms with E-state index in [9.17, 15) is 0 Å². The first kappa shape index (κ1) is 14.7. The summed E-state index contributed by atoms with van der Waals surface area (Å²) in [5.74, 6) is 1.60. The summed E-state index contributed by atoms with van der Waals surface area (Å²) in [4.78, 5) is 0. The number of ether oxygens (including phenoxy) is 2. The molecule has 0 aliphatic carbocycles. The maximum Gasteiger partial charge on any atom is 0.175 e. The van der Waals surface area contributed by atoms with Gasteiger partial charge in [0.25, 0.3) is 0 Å². The van der Waals surface area contributed by atoms with Crippen molar-refractivity contribution in [1.29, 1.82) is 0 Å². The lowest BCUT2D eigenvalue weighted by molar-refractivity contribution is 0.170. The van der Waals surface area contributed by atoms with Crippen molar-refractivity contribution in [1.82, 2.24) is 0 Å². The summed E-state index contributed by atoms with van der Waals surface area (Å²) in [7, 11) is 0. The minimum atomic E-state index is 0.599. The Morgan fingerprint density at radius 2 is 1.86 bits per heavy atom. The highest BCUT2D eigenvalue weighted by atomic mass is 79.9. The first-order chi connectivity index (χ1) is 10.1. The van der Waals surface area contributed by atoms with Gasteiger partial charge in [0.05, 0.1) is 4.47 Å². The van der Waals surface area contributed by atoms with E-state index in [-0.39, 0.29) is 0 Å². The molecule has 1 N–H and O–H groups in total. The van der Waals surface area contributed by atoms with Gasteiger partial charge in [0, 0.05) is 16.7 Å². The molecule has 0 radical (unpaired) electrons. The fourth-order valence-electron chi connectivity index (χ4n) is 2.23. The number of nitrogens with one attached hydrogen (secondary N) is 1. The molecule has 0 unspecified atom stereocenters. The first-order valence-electron chi connectivity index (χ1n) is 6.71. The Hall–Kier alpha value is -1.20. The average molecular weight is 413 g/mol. The lowest BCUT2D eigenvalue weighted by Gasteiger charge is -2.20. The third-order valence-corrected chi connectivity index (χ3v) is 4.79. The van der Waals surface area contributed by atoms with Crippen LogP contribution in [0, 0.1) is 6.92 Å². The van der Waals surface area contributed by atoms with Crippen LogP contribution in [0.15, 0.2) is 39.3 Å². The van der Waals surface area contributed by atoms with Crippen LogP contribution < -0.4 is 14.8 Å². The number of hydrogen-bond donors (Lipinski definition) is 1. The van der Waals surface area contributed by atoms with Crippen LogP contribution in [0.5, 0.6) is 11.5 Å². The van der Waals surface area contributed by atoms with Gasteiger partial charge in [0.2, 0.25) is 0 Å². The quantitative estimate of drug-likeness (QED) is 0.777. The van der Waals surface area contributed by atoms with Crippen molar-refractivity contribution in [3.05, 3.63) is 50.4 Å². The van der Waals surface area contributed by atoms with Crippen LogP contribution in [0.1, 0.15) is 11.1 Å². The Morgan fingerprint density at radius 1 is 1.05 bits per heavy atom. The van der Waals surface area contributed by atoms with E-state index in [4.69, 9.17) is 9.47 Å². The summed E-state index contributed by atoms with van der Waals surface area (Å²) in [5.41, 5.74) is 3.46. The predicted octanol–water partition coefficient (Wildman–Crippen LogP) is 4.90. The maximum absolute atomic E-state index is 5.64. The van der Waals surface area contributed by atoms with Gasteiger partial charge in [0.1, 0.15) is 13.2 Å². The highest BCUT2D eigenvalue weighted by molar-refractivity contribution is 9.10. The molecule has 0 atom stereocenters. The zero-order valence-electron chi connectivity index (χ0n) is 11.6. The molecule has 3 rings (SSSR count). The van der Waals surface area contributed by atoms with E-state index >= 15 is 0 Å². The fraction of sp³-hybridized carbons (Fsp3) is 0.250. The van der Waals surface area contributed by atoms with Crippen molar-refractivity contribution < 1.29 is 9.47 Å². The van der Waals surface area contributed by atoms with Gasteiger partial charge in [-0.1, -0.05) is 15.9 Å². The van der Waals surface area contributed by atoms with Crippen LogP contribution in [0.2, 0.25) is 0 Å². The summed E-state index contributed by atoms with van der Waals surface area (Å²) in [6.07, 6.45) is 0. The topological polar surface area (TPSA) is 30.5 Å². The third-order valence-electron chi connectivity index (χ3n) is 3.31. The number of halogens is 2. The largest absolute Gasteiger partial charge is 0.486 e. The summed E-state index contributed by atoms with van der Waals surface area (Å²) in [6, 6.07) is 10.3. The molecule has 0 aromatic heterocycles. The lowest BCUT2D eigenvalue weighted by Crippen LogP contribution is -2.16. The van der Waals surface area contributed by atoms with Crippen LogP contribution in [0.25, 0.3) is 0 Å². The Kier molecular flexibility index (Phi) is 4.40. The zero-order valence-corrected chi connectivity index (χ0v) is 14.8. The molecule has 0 fully saturated rings.